The minimum atomic E-state index is -0.513. The lowest BCUT2D eigenvalue weighted by molar-refractivity contribution is 0.0981. The average molecular weight is 315 g/mol. The molecule has 0 bridgehead atoms. The lowest BCUT2D eigenvalue weighted by atomic mass is 10.3. The van der Waals surface area contributed by atoms with E-state index in [0.717, 1.165) is 0 Å². The SMILES string of the molecule is O=C(NC(=S)Nc1ccc(F)c(Cl)c1)c1cccs1. The number of anilines is 1. The maximum absolute atomic E-state index is 13.0. The van der Waals surface area contributed by atoms with Gasteiger partial charge in [-0.3, -0.25) is 10.1 Å². The Labute approximate surface area is 123 Å². The van der Waals surface area contributed by atoms with Crippen LogP contribution in [0.4, 0.5) is 10.1 Å². The van der Waals surface area contributed by atoms with Gasteiger partial charge in [-0.25, -0.2) is 4.39 Å². The van der Waals surface area contributed by atoms with E-state index in [0.29, 0.717) is 10.6 Å². The summed E-state index contributed by atoms with van der Waals surface area (Å²) in [7, 11) is 0. The predicted octanol–water partition coefficient (Wildman–Crippen LogP) is 3.67. The Kier molecular flexibility index (Phi) is 4.47. The van der Waals surface area contributed by atoms with E-state index >= 15 is 0 Å². The maximum Gasteiger partial charge on any atom is 0.267 e. The van der Waals surface area contributed by atoms with E-state index in [4.69, 9.17) is 23.8 Å². The van der Waals surface area contributed by atoms with Crippen LogP contribution < -0.4 is 10.6 Å². The van der Waals surface area contributed by atoms with E-state index in [-0.39, 0.29) is 16.0 Å². The predicted molar refractivity (Wildman–Crippen MR) is 79.4 cm³/mol. The number of hydrogen-bond donors (Lipinski definition) is 2. The number of carbonyl (C=O) groups is 1. The van der Waals surface area contributed by atoms with Gasteiger partial charge in [-0.1, -0.05) is 17.7 Å². The number of halogens is 2. The lowest BCUT2D eigenvalue weighted by Crippen LogP contribution is -2.33. The lowest BCUT2D eigenvalue weighted by Gasteiger charge is -2.09. The molecule has 0 fully saturated rings. The molecule has 2 rings (SSSR count). The fourth-order valence-electron chi connectivity index (χ4n) is 1.31. The summed E-state index contributed by atoms with van der Waals surface area (Å²) in [6.07, 6.45) is 0. The molecule has 1 aromatic carbocycles. The Morgan fingerprint density at radius 2 is 2.16 bits per heavy atom. The normalized spacial score (nSPS) is 10.0. The molecule has 0 saturated heterocycles. The van der Waals surface area contributed by atoms with Gasteiger partial charge < -0.3 is 5.32 Å². The molecule has 0 atom stereocenters. The molecule has 1 heterocycles. The van der Waals surface area contributed by atoms with Gasteiger partial charge in [-0.05, 0) is 41.9 Å². The van der Waals surface area contributed by atoms with Crippen LogP contribution in [-0.4, -0.2) is 11.0 Å². The summed E-state index contributed by atoms with van der Waals surface area (Å²) in [6, 6.07) is 7.55. The molecule has 1 aromatic heterocycles. The quantitative estimate of drug-likeness (QED) is 0.831. The molecule has 0 saturated carbocycles. The fourth-order valence-corrected chi connectivity index (χ4v) is 2.32. The summed E-state index contributed by atoms with van der Waals surface area (Å²) >= 11 is 11.9. The summed E-state index contributed by atoms with van der Waals surface area (Å²) in [5.41, 5.74) is 0.503. The molecule has 0 aliphatic rings. The minimum absolute atomic E-state index is 0.0163. The first-order chi connectivity index (χ1) is 9.06. The molecule has 1 amide bonds. The van der Waals surface area contributed by atoms with Gasteiger partial charge in [0.2, 0.25) is 0 Å². The second kappa shape index (κ2) is 6.10. The van der Waals surface area contributed by atoms with Crippen molar-refractivity contribution < 1.29 is 9.18 Å². The zero-order chi connectivity index (χ0) is 13.8. The van der Waals surface area contributed by atoms with Crippen molar-refractivity contribution in [3.05, 3.63) is 51.4 Å². The highest BCUT2D eigenvalue weighted by Gasteiger charge is 2.09. The summed E-state index contributed by atoms with van der Waals surface area (Å²) in [5.74, 6) is -0.804. The Balaban J connectivity index is 1.98. The zero-order valence-electron chi connectivity index (χ0n) is 9.44. The van der Waals surface area contributed by atoms with Gasteiger partial charge in [0.15, 0.2) is 5.11 Å². The van der Waals surface area contributed by atoms with E-state index in [2.05, 4.69) is 10.6 Å². The monoisotopic (exact) mass is 314 g/mol. The van der Waals surface area contributed by atoms with E-state index in [1.54, 1.807) is 17.5 Å². The van der Waals surface area contributed by atoms with Crippen LogP contribution in [0.25, 0.3) is 0 Å². The summed E-state index contributed by atoms with van der Waals surface area (Å²) < 4.78 is 13.0. The second-order valence-electron chi connectivity index (χ2n) is 3.51. The molecule has 0 aliphatic heterocycles. The first-order valence-electron chi connectivity index (χ1n) is 5.17. The molecule has 7 heteroatoms. The molecule has 2 N–H and O–H groups in total. The topological polar surface area (TPSA) is 41.1 Å². The van der Waals surface area contributed by atoms with Crippen LogP contribution in [0.2, 0.25) is 5.02 Å². The van der Waals surface area contributed by atoms with Crippen molar-refractivity contribution in [2.24, 2.45) is 0 Å². The van der Waals surface area contributed by atoms with Crippen molar-refractivity contribution in [3.8, 4) is 0 Å². The van der Waals surface area contributed by atoms with Gasteiger partial charge in [-0.15, -0.1) is 11.3 Å². The fraction of sp³-hybridized carbons (Fsp3) is 0. The Hall–Kier alpha value is -1.50. The first kappa shape index (κ1) is 13.9. The van der Waals surface area contributed by atoms with Crippen LogP contribution in [0.3, 0.4) is 0 Å². The van der Waals surface area contributed by atoms with Crippen LogP contribution in [-0.2, 0) is 0 Å². The number of thiocarbonyl (C=S) groups is 1. The van der Waals surface area contributed by atoms with Crippen LogP contribution in [0.5, 0.6) is 0 Å². The number of thiophene rings is 1. The third-order valence-electron chi connectivity index (χ3n) is 2.15. The Bertz CT molecular complexity index is 616. The molecule has 98 valence electrons. The largest absolute Gasteiger partial charge is 0.332 e. The standard InChI is InChI=1S/C12H8ClFN2OS2/c13-8-6-7(3-4-9(8)14)15-12(18)16-11(17)10-2-1-5-19-10/h1-6H,(H2,15,16,17,18). The van der Waals surface area contributed by atoms with E-state index in [1.807, 2.05) is 0 Å². The van der Waals surface area contributed by atoms with Crippen molar-refractivity contribution in [1.29, 1.82) is 0 Å². The molecule has 0 spiro atoms. The third kappa shape index (κ3) is 3.73. The van der Waals surface area contributed by atoms with E-state index < -0.39 is 5.82 Å². The highest BCUT2D eigenvalue weighted by Crippen LogP contribution is 2.19. The minimum Gasteiger partial charge on any atom is -0.332 e. The molecular formula is C12H8ClFN2OS2. The molecule has 2 aromatic rings. The van der Waals surface area contributed by atoms with E-state index in [9.17, 15) is 9.18 Å². The number of amides is 1. The molecule has 0 radical (unpaired) electrons. The number of rotatable bonds is 2. The van der Waals surface area contributed by atoms with Crippen LogP contribution in [0, 0.1) is 5.82 Å². The third-order valence-corrected chi connectivity index (χ3v) is 3.51. The van der Waals surface area contributed by atoms with Crippen LogP contribution in [0.15, 0.2) is 35.7 Å². The molecule has 0 unspecified atom stereocenters. The zero-order valence-corrected chi connectivity index (χ0v) is 11.8. The Morgan fingerprint density at radius 3 is 2.79 bits per heavy atom. The number of hydrogen-bond acceptors (Lipinski definition) is 3. The highest BCUT2D eigenvalue weighted by atomic mass is 35.5. The maximum atomic E-state index is 13.0. The second-order valence-corrected chi connectivity index (χ2v) is 5.28. The summed E-state index contributed by atoms with van der Waals surface area (Å²) in [4.78, 5) is 12.3. The van der Waals surface area contributed by atoms with Crippen LogP contribution in [0.1, 0.15) is 9.67 Å². The van der Waals surface area contributed by atoms with E-state index in [1.165, 1.54) is 29.5 Å². The number of benzene rings is 1. The van der Waals surface area contributed by atoms with Crippen molar-refractivity contribution in [3.63, 3.8) is 0 Å². The van der Waals surface area contributed by atoms with Gasteiger partial charge in [0.25, 0.3) is 5.91 Å². The van der Waals surface area contributed by atoms with Crippen molar-refractivity contribution in [1.82, 2.24) is 5.32 Å². The first-order valence-corrected chi connectivity index (χ1v) is 6.84. The van der Waals surface area contributed by atoms with Gasteiger partial charge in [-0.2, -0.15) is 0 Å². The van der Waals surface area contributed by atoms with Crippen molar-refractivity contribution in [2.75, 3.05) is 5.32 Å². The number of carbonyl (C=O) groups excluding carboxylic acids is 1. The highest BCUT2D eigenvalue weighted by molar-refractivity contribution is 7.80. The summed E-state index contributed by atoms with van der Waals surface area (Å²) in [6.45, 7) is 0. The summed E-state index contributed by atoms with van der Waals surface area (Å²) in [5, 5.41) is 7.18. The number of nitrogens with one attached hydrogen (secondary N) is 2. The average Bonchev–Trinajstić information content (AvgIpc) is 2.87. The van der Waals surface area contributed by atoms with Crippen molar-refractivity contribution in [2.45, 2.75) is 0 Å². The molecule has 19 heavy (non-hydrogen) atoms. The van der Waals surface area contributed by atoms with Gasteiger partial charge in [0.05, 0.1) is 9.90 Å². The van der Waals surface area contributed by atoms with Crippen molar-refractivity contribution >= 4 is 51.9 Å². The van der Waals surface area contributed by atoms with Gasteiger partial charge in [0, 0.05) is 5.69 Å². The van der Waals surface area contributed by atoms with Crippen LogP contribution >= 0.6 is 35.2 Å². The Morgan fingerprint density at radius 1 is 1.37 bits per heavy atom. The smallest absolute Gasteiger partial charge is 0.267 e. The molecule has 0 aliphatic carbocycles. The van der Waals surface area contributed by atoms with Gasteiger partial charge >= 0.3 is 0 Å². The van der Waals surface area contributed by atoms with Gasteiger partial charge in [0.1, 0.15) is 5.82 Å². The molecule has 3 nitrogen and oxygen atoms in total. The molecular weight excluding hydrogens is 307 g/mol.